The Morgan fingerprint density at radius 1 is 1.22 bits per heavy atom. The molecule has 0 aliphatic heterocycles. The summed E-state index contributed by atoms with van der Waals surface area (Å²) >= 11 is -0.922. The molecule has 0 aromatic heterocycles. The van der Waals surface area contributed by atoms with E-state index in [4.69, 9.17) is 0 Å². The van der Waals surface area contributed by atoms with Gasteiger partial charge in [0.25, 0.3) is 0 Å². The average molecular weight is 519 g/mol. The van der Waals surface area contributed by atoms with Crippen LogP contribution in [-0.2, 0) is 23.7 Å². The second-order valence-electron chi connectivity index (χ2n) is 10.00. The van der Waals surface area contributed by atoms with Crippen LogP contribution in [0.15, 0.2) is 42.5 Å². The van der Waals surface area contributed by atoms with Gasteiger partial charge in [0, 0.05) is 0 Å². The first kappa shape index (κ1) is 25.0. The van der Waals surface area contributed by atoms with Gasteiger partial charge in [-0.15, -0.1) is 0 Å². The summed E-state index contributed by atoms with van der Waals surface area (Å²) in [6.07, 6.45) is 1.90. The van der Waals surface area contributed by atoms with Crippen LogP contribution in [0.3, 0.4) is 0 Å². The molecule has 0 saturated heterocycles. The van der Waals surface area contributed by atoms with Crippen LogP contribution in [0.25, 0.3) is 0 Å². The van der Waals surface area contributed by atoms with Gasteiger partial charge in [-0.25, -0.2) is 0 Å². The molecule has 1 aliphatic rings. The fraction of sp³-hybridized carbons (Fsp3) is 0.480. The minimum atomic E-state index is -3.01. The molecule has 3 atom stereocenters. The number of rotatable bonds is 7. The van der Waals surface area contributed by atoms with Gasteiger partial charge in [0.1, 0.15) is 0 Å². The van der Waals surface area contributed by atoms with Crippen molar-refractivity contribution in [1.82, 2.24) is 5.32 Å². The summed E-state index contributed by atoms with van der Waals surface area (Å²) in [5.41, 5.74) is 3.64. The van der Waals surface area contributed by atoms with E-state index in [9.17, 15) is 18.3 Å². The fourth-order valence-electron chi connectivity index (χ4n) is 4.16. The van der Waals surface area contributed by atoms with Crippen LogP contribution in [0.2, 0.25) is 0 Å². The third kappa shape index (κ3) is 5.47. The number of aliphatic hydroxyl groups excluding tert-OH is 1. The van der Waals surface area contributed by atoms with Crippen LogP contribution in [0.4, 0.5) is 0 Å². The van der Waals surface area contributed by atoms with Gasteiger partial charge in [-0.1, -0.05) is 20.8 Å². The van der Waals surface area contributed by atoms with E-state index in [2.05, 4.69) is 38.2 Å². The summed E-state index contributed by atoms with van der Waals surface area (Å²) in [6, 6.07) is 13.8. The minimum absolute atomic E-state index is 0.0529. The first-order chi connectivity index (χ1) is 14.8. The van der Waals surface area contributed by atoms with Crippen LogP contribution in [0, 0.1) is 12.8 Å². The molecule has 1 saturated carbocycles. The number of aryl methyl sites for hydroxylation is 1. The first-order valence-electron chi connectivity index (χ1n) is 10.8. The maximum atomic E-state index is 13.0. The van der Waals surface area contributed by atoms with Gasteiger partial charge in [-0.05, 0) is 11.0 Å². The molecule has 2 N–H and O–H groups in total. The number of carbonyl (C=O) groups is 1. The second kappa shape index (κ2) is 8.96. The third-order valence-electron chi connectivity index (χ3n) is 6.34. The number of hydrogen-bond acceptors (Lipinski definition) is 4. The van der Waals surface area contributed by atoms with Gasteiger partial charge in [-0.2, -0.15) is 0 Å². The fourth-order valence-corrected chi connectivity index (χ4v) is 8.55. The predicted octanol–water partition coefficient (Wildman–Crippen LogP) is 2.71. The Bertz CT molecular complexity index is 1110. The van der Waals surface area contributed by atoms with E-state index in [0.29, 0.717) is 6.42 Å². The second-order valence-corrected chi connectivity index (χ2v) is 18.0. The normalized spacial score (nSPS) is 22.2. The third-order valence-corrected chi connectivity index (χ3v) is 11.3. The number of carbonyl (C=O) groups excluding carboxylic acids is 1. The Kier molecular flexibility index (Phi) is 7.00. The monoisotopic (exact) mass is 518 g/mol. The summed E-state index contributed by atoms with van der Waals surface area (Å²) < 4.78 is 24.1. The topological polar surface area (TPSA) is 83.5 Å². The Morgan fingerprint density at radius 2 is 1.84 bits per heavy atom. The summed E-state index contributed by atoms with van der Waals surface area (Å²) in [7, 11) is -3.01. The molecule has 1 radical (unpaired) electrons. The molecular formula is C25H33AsNO4S. The molecule has 32 heavy (non-hydrogen) atoms. The molecule has 173 valence electrons. The van der Waals surface area contributed by atoms with Crippen molar-refractivity contribution in [2.75, 3.05) is 12.9 Å². The molecule has 3 rings (SSSR count). The summed E-state index contributed by atoms with van der Waals surface area (Å²) in [6.45, 7) is 10.3. The van der Waals surface area contributed by atoms with Gasteiger partial charge in [0.05, 0.1) is 0 Å². The van der Waals surface area contributed by atoms with E-state index in [1.165, 1.54) is 11.8 Å². The maximum absolute atomic E-state index is 13.0. The summed E-state index contributed by atoms with van der Waals surface area (Å²) in [5.74, 6) is -0.318. The number of hydrogen-bond donors (Lipinski definition) is 2. The molecule has 0 heterocycles. The van der Waals surface area contributed by atoms with E-state index in [1.54, 1.807) is 0 Å². The molecule has 7 heteroatoms. The van der Waals surface area contributed by atoms with Crippen molar-refractivity contribution in [2.45, 2.75) is 57.9 Å². The van der Waals surface area contributed by atoms with Crippen molar-refractivity contribution < 1.29 is 18.3 Å². The van der Waals surface area contributed by atoms with Crippen molar-refractivity contribution in [3.05, 3.63) is 64.7 Å². The van der Waals surface area contributed by atoms with Crippen molar-refractivity contribution in [3.8, 4) is 0 Å². The predicted molar refractivity (Wildman–Crippen MR) is 130 cm³/mol. The molecule has 1 amide bonds. The number of aliphatic hydroxyl groups is 1. The molecule has 0 spiro atoms. The number of amides is 1. The average Bonchev–Trinajstić information content (AvgIpc) is 3.44. The van der Waals surface area contributed by atoms with Gasteiger partial charge < -0.3 is 0 Å². The molecule has 1 fully saturated rings. The van der Waals surface area contributed by atoms with Gasteiger partial charge >= 0.3 is 166 Å². The zero-order valence-corrected chi connectivity index (χ0v) is 22.3. The van der Waals surface area contributed by atoms with Gasteiger partial charge in [0.2, 0.25) is 0 Å². The van der Waals surface area contributed by atoms with Crippen molar-refractivity contribution >= 4 is 33.0 Å². The van der Waals surface area contributed by atoms with Crippen molar-refractivity contribution in [1.29, 1.82) is 0 Å². The zero-order chi connectivity index (χ0) is 23.9. The van der Waals surface area contributed by atoms with Gasteiger partial charge in [0.15, 0.2) is 0 Å². The summed E-state index contributed by atoms with van der Waals surface area (Å²) in [5, 5.41) is 13.2. The Hall–Kier alpha value is -1.62. The molecule has 2 aromatic rings. The standard InChI is InChI=1S/C25H33AsNO4S/c1-16-13-18(7-12-22(16)26-32(6,30)31)17(2)27-23(29)21-14-25(21,15-28)20-10-8-19(9-11-20)24(3,4)5/h7-13,17,21,28H,14-15H2,1-6H3,(H,27,29)/t17-,21?,25?/m1/s1. The molecule has 2 aromatic carbocycles. The summed E-state index contributed by atoms with van der Waals surface area (Å²) in [4.78, 5) is 13.0. The van der Waals surface area contributed by atoms with E-state index < -0.39 is 28.1 Å². The molecule has 0 bridgehead atoms. The number of benzene rings is 2. The molecule has 5 nitrogen and oxygen atoms in total. The van der Waals surface area contributed by atoms with Crippen molar-refractivity contribution in [3.63, 3.8) is 0 Å². The SMILES string of the molecule is Cc1cc([C@@H](C)NC(=O)C2CC2(CO)c2ccc(C(C)(C)C)cc2)ccc1[As]S(C)(=O)=O. The van der Waals surface area contributed by atoms with Crippen molar-refractivity contribution in [2.24, 2.45) is 5.92 Å². The molecule has 1 aliphatic carbocycles. The Morgan fingerprint density at radius 3 is 2.34 bits per heavy atom. The van der Waals surface area contributed by atoms with E-state index in [-0.39, 0.29) is 29.9 Å². The number of nitrogens with one attached hydrogen (secondary N) is 1. The Balaban J connectivity index is 1.70. The Labute approximate surface area is 197 Å². The van der Waals surface area contributed by atoms with Crippen LogP contribution in [0.5, 0.6) is 0 Å². The molecular weight excluding hydrogens is 485 g/mol. The van der Waals surface area contributed by atoms with Gasteiger partial charge in [-0.3, -0.25) is 0 Å². The quantitative estimate of drug-likeness (QED) is 0.553. The zero-order valence-electron chi connectivity index (χ0n) is 19.6. The van der Waals surface area contributed by atoms with Crippen LogP contribution in [-0.4, -0.2) is 46.9 Å². The van der Waals surface area contributed by atoms with E-state index in [1.807, 2.05) is 44.2 Å². The van der Waals surface area contributed by atoms with Crippen LogP contribution < -0.4 is 9.67 Å². The first-order valence-corrected chi connectivity index (χ1v) is 15.9. The van der Waals surface area contributed by atoms with Crippen LogP contribution in [0.1, 0.15) is 62.4 Å². The van der Waals surface area contributed by atoms with E-state index >= 15 is 0 Å². The molecule has 2 unspecified atom stereocenters. The van der Waals surface area contributed by atoms with Crippen LogP contribution >= 0.6 is 0 Å². The van der Waals surface area contributed by atoms with E-state index in [0.717, 1.165) is 21.0 Å².